The molecule has 104 valence electrons. The quantitative estimate of drug-likeness (QED) is 0.653. The van der Waals surface area contributed by atoms with Crippen molar-refractivity contribution in [1.29, 1.82) is 0 Å². The van der Waals surface area contributed by atoms with Gasteiger partial charge in [0.2, 0.25) is 15.0 Å². The minimum Gasteiger partial charge on any atom is -0.324 e. The van der Waals surface area contributed by atoms with Crippen molar-refractivity contribution in [2.24, 2.45) is 12.2 Å². The van der Waals surface area contributed by atoms with Crippen LogP contribution in [-0.4, -0.2) is 38.7 Å². The van der Waals surface area contributed by atoms with E-state index < -0.39 is 20.0 Å². The fourth-order valence-corrected chi connectivity index (χ4v) is 3.17. The predicted molar refractivity (Wildman–Crippen MR) is 66.0 cm³/mol. The number of imidazole rings is 1. The molecule has 3 N–H and O–H groups in total. The fourth-order valence-electron chi connectivity index (χ4n) is 1.12. The van der Waals surface area contributed by atoms with Crippen LogP contribution in [0.2, 0.25) is 5.15 Å². The predicted octanol–water partition coefficient (Wildman–Crippen LogP) is -0.970. The molecule has 18 heavy (non-hydrogen) atoms. The van der Waals surface area contributed by atoms with Crippen LogP contribution in [0.15, 0.2) is 11.4 Å². The molecule has 0 saturated carbocycles. The molecule has 0 aliphatic carbocycles. The lowest BCUT2D eigenvalue weighted by Crippen LogP contribution is -2.28. The van der Waals surface area contributed by atoms with E-state index in [9.17, 15) is 16.8 Å². The van der Waals surface area contributed by atoms with E-state index in [0.717, 1.165) is 0 Å². The highest BCUT2D eigenvalue weighted by molar-refractivity contribution is 7.89. The summed E-state index contributed by atoms with van der Waals surface area (Å²) in [5, 5.41) is 4.47. The highest BCUT2D eigenvalue weighted by Gasteiger charge is 2.21. The fraction of sp³-hybridized carbons (Fsp3) is 0.571. The number of rotatable bonds is 6. The van der Waals surface area contributed by atoms with Crippen LogP contribution in [0.1, 0.15) is 6.42 Å². The SMILES string of the molecule is Cn1cnc(S(=O)(=O)NCCCS(N)(=O)=O)c1Cl. The van der Waals surface area contributed by atoms with Gasteiger partial charge in [-0.15, -0.1) is 0 Å². The number of nitrogens with one attached hydrogen (secondary N) is 1. The van der Waals surface area contributed by atoms with Crippen molar-refractivity contribution in [3.63, 3.8) is 0 Å². The maximum atomic E-state index is 11.7. The van der Waals surface area contributed by atoms with Crippen molar-refractivity contribution in [3.8, 4) is 0 Å². The Morgan fingerprint density at radius 1 is 1.44 bits per heavy atom. The summed E-state index contributed by atoms with van der Waals surface area (Å²) >= 11 is 5.74. The molecule has 0 atom stereocenters. The number of halogens is 1. The first kappa shape index (κ1) is 15.4. The summed E-state index contributed by atoms with van der Waals surface area (Å²) < 4.78 is 48.3. The second kappa shape index (κ2) is 5.53. The van der Waals surface area contributed by atoms with Gasteiger partial charge >= 0.3 is 0 Å². The molecule has 0 unspecified atom stereocenters. The molecule has 1 rings (SSSR count). The summed E-state index contributed by atoms with van der Waals surface area (Å²) in [4.78, 5) is 3.65. The number of primary sulfonamides is 1. The van der Waals surface area contributed by atoms with Gasteiger partial charge in [0.25, 0.3) is 10.0 Å². The van der Waals surface area contributed by atoms with E-state index in [0.29, 0.717) is 0 Å². The molecule has 0 spiro atoms. The Bertz CT molecular complexity index is 622. The molecular formula is C7H13ClN4O4S2. The molecule has 1 aromatic rings. The second-order valence-corrected chi connectivity index (χ2v) is 7.34. The zero-order chi connectivity index (χ0) is 14.0. The summed E-state index contributed by atoms with van der Waals surface area (Å²) in [6, 6.07) is 0. The molecule has 8 nitrogen and oxygen atoms in total. The lowest BCUT2D eigenvalue weighted by atomic mass is 10.5. The molecule has 11 heteroatoms. The summed E-state index contributed by atoms with van der Waals surface area (Å²) in [6.45, 7) is -0.0638. The third kappa shape index (κ3) is 4.21. The van der Waals surface area contributed by atoms with E-state index in [1.165, 1.54) is 10.9 Å². The molecule has 1 aromatic heterocycles. The van der Waals surface area contributed by atoms with Crippen molar-refractivity contribution in [1.82, 2.24) is 14.3 Å². The zero-order valence-electron chi connectivity index (χ0n) is 9.50. The van der Waals surface area contributed by atoms with Gasteiger partial charge in [-0.05, 0) is 6.42 Å². The Labute approximate surface area is 110 Å². The van der Waals surface area contributed by atoms with Crippen LogP contribution < -0.4 is 9.86 Å². The summed E-state index contributed by atoms with van der Waals surface area (Å²) in [7, 11) is -5.88. The first-order chi connectivity index (χ1) is 8.13. The normalized spacial score (nSPS) is 12.8. The van der Waals surface area contributed by atoms with Crippen molar-refractivity contribution < 1.29 is 16.8 Å². The van der Waals surface area contributed by atoms with Crippen LogP contribution in [0, 0.1) is 0 Å². The topological polar surface area (TPSA) is 124 Å². The summed E-state index contributed by atoms with van der Waals surface area (Å²) in [6.07, 6.45) is 1.34. The van der Waals surface area contributed by atoms with Gasteiger partial charge in [0.15, 0.2) is 0 Å². The number of aryl methyl sites for hydroxylation is 1. The molecule has 0 aliphatic heterocycles. The van der Waals surface area contributed by atoms with E-state index in [1.807, 2.05) is 0 Å². The number of aromatic nitrogens is 2. The Morgan fingerprint density at radius 3 is 2.50 bits per heavy atom. The zero-order valence-corrected chi connectivity index (χ0v) is 11.9. The van der Waals surface area contributed by atoms with Gasteiger partial charge in [0.05, 0.1) is 12.1 Å². The molecule has 0 aromatic carbocycles. The summed E-state index contributed by atoms with van der Waals surface area (Å²) in [5.74, 6) is -0.300. The number of sulfonamides is 2. The largest absolute Gasteiger partial charge is 0.324 e. The van der Waals surface area contributed by atoms with E-state index in [2.05, 4.69) is 9.71 Å². The van der Waals surface area contributed by atoms with Gasteiger partial charge in [-0.25, -0.2) is 31.7 Å². The van der Waals surface area contributed by atoms with Crippen LogP contribution in [0.3, 0.4) is 0 Å². The van der Waals surface area contributed by atoms with Crippen molar-refractivity contribution >= 4 is 31.6 Å². The van der Waals surface area contributed by atoms with Crippen molar-refractivity contribution in [3.05, 3.63) is 11.5 Å². The maximum absolute atomic E-state index is 11.7. The smallest absolute Gasteiger partial charge is 0.261 e. The minimum absolute atomic E-state index is 0.0195. The molecule has 1 heterocycles. The molecule has 0 amide bonds. The van der Waals surface area contributed by atoms with Crippen molar-refractivity contribution in [2.75, 3.05) is 12.3 Å². The molecule has 0 bridgehead atoms. The first-order valence-corrected chi connectivity index (χ1v) is 8.38. The lowest BCUT2D eigenvalue weighted by Gasteiger charge is -2.04. The third-order valence-corrected chi connectivity index (χ3v) is 4.79. The number of nitrogens with two attached hydrogens (primary N) is 1. The Kier molecular flexibility index (Phi) is 4.72. The molecule has 0 aliphatic rings. The number of nitrogens with zero attached hydrogens (tertiary/aromatic N) is 2. The Morgan fingerprint density at radius 2 is 2.06 bits per heavy atom. The van der Waals surface area contributed by atoms with Crippen LogP contribution in [0.25, 0.3) is 0 Å². The summed E-state index contributed by atoms with van der Waals surface area (Å²) in [5.41, 5.74) is 0. The van der Waals surface area contributed by atoms with Gasteiger partial charge < -0.3 is 4.57 Å². The van der Waals surface area contributed by atoms with Crippen LogP contribution in [0.5, 0.6) is 0 Å². The third-order valence-electron chi connectivity index (χ3n) is 1.99. The highest BCUT2D eigenvalue weighted by atomic mass is 35.5. The van der Waals surface area contributed by atoms with E-state index >= 15 is 0 Å². The first-order valence-electron chi connectivity index (χ1n) is 4.80. The van der Waals surface area contributed by atoms with Gasteiger partial charge in [-0.3, -0.25) is 0 Å². The van der Waals surface area contributed by atoms with E-state index in [-0.39, 0.29) is 28.9 Å². The van der Waals surface area contributed by atoms with Crippen LogP contribution in [0.4, 0.5) is 0 Å². The monoisotopic (exact) mass is 316 g/mol. The number of hydrogen-bond acceptors (Lipinski definition) is 5. The molecule has 0 radical (unpaired) electrons. The molecule has 0 saturated heterocycles. The second-order valence-electron chi connectivity index (χ2n) is 3.57. The van der Waals surface area contributed by atoms with Gasteiger partial charge in [-0.2, -0.15) is 0 Å². The van der Waals surface area contributed by atoms with E-state index in [1.54, 1.807) is 7.05 Å². The average molecular weight is 317 g/mol. The van der Waals surface area contributed by atoms with Crippen LogP contribution in [-0.2, 0) is 27.1 Å². The standard InChI is InChI=1S/C7H13ClN4O4S2/c1-12-5-10-7(6(12)8)18(15,16)11-3-2-4-17(9,13)14/h5,11H,2-4H2,1H3,(H2,9,13,14). The highest BCUT2D eigenvalue weighted by Crippen LogP contribution is 2.17. The van der Waals surface area contributed by atoms with Crippen LogP contribution >= 0.6 is 11.6 Å². The minimum atomic E-state index is -3.84. The van der Waals surface area contributed by atoms with Crippen molar-refractivity contribution in [2.45, 2.75) is 11.4 Å². The van der Waals surface area contributed by atoms with Gasteiger partial charge in [0.1, 0.15) is 5.15 Å². The Balaban J connectivity index is 2.64. The van der Waals surface area contributed by atoms with E-state index in [4.69, 9.17) is 16.7 Å². The molecule has 0 fully saturated rings. The van der Waals surface area contributed by atoms with Gasteiger partial charge in [-0.1, -0.05) is 11.6 Å². The maximum Gasteiger partial charge on any atom is 0.261 e. The number of hydrogen-bond donors (Lipinski definition) is 2. The average Bonchev–Trinajstić information content (AvgIpc) is 2.54. The lowest BCUT2D eigenvalue weighted by molar-refractivity contribution is 0.574. The molecular weight excluding hydrogens is 304 g/mol. The Hall–Kier alpha value is -0.680. The van der Waals surface area contributed by atoms with Gasteiger partial charge in [0, 0.05) is 13.6 Å².